The largest absolute Gasteiger partial charge is 0.351 e. The predicted molar refractivity (Wildman–Crippen MR) is 89.8 cm³/mol. The van der Waals surface area contributed by atoms with Crippen molar-refractivity contribution in [1.29, 1.82) is 0 Å². The monoisotopic (exact) mass is 341 g/mol. The molecule has 136 valence electrons. The van der Waals surface area contributed by atoms with E-state index < -0.39 is 18.0 Å². The summed E-state index contributed by atoms with van der Waals surface area (Å²) in [6.45, 7) is 0.705. The van der Waals surface area contributed by atoms with Crippen molar-refractivity contribution in [1.82, 2.24) is 15.5 Å². The van der Waals surface area contributed by atoms with Gasteiger partial charge in [-0.2, -0.15) is 0 Å². The fourth-order valence-corrected chi connectivity index (χ4v) is 2.36. The first-order valence-corrected chi connectivity index (χ1v) is 7.98. The average Bonchev–Trinajstić information content (AvgIpc) is 2.50. The van der Waals surface area contributed by atoms with Gasteiger partial charge in [0.25, 0.3) is 5.91 Å². The molecule has 2 atom stereocenters. The number of carbonyl (C=O) groups is 3. The van der Waals surface area contributed by atoms with Crippen molar-refractivity contribution >= 4 is 23.8 Å². The topological polar surface area (TPSA) is 169 Å². The molecule has 0 spiro atoms. The molecule has 1 rings (SSSR count). The van der Waals surface area contributed by atoms with Gasteiger partial charge in [0.15, 0.2) is 0 Å². The molecule has 0 saturated heterocycles. The van der Waals surface area contributed by atoms with Crippen molar-refractivity contribution in [3.05, 3.63) is 0 Å². The van der Waals surface area contributed by atoms with Gasteiger partial charge in [-0.15, -0.1) is 0 Å². The predicted octanol–water partition coefficient (Wildman–Crippen LogP) is -1.80. The van der Waals surface area contributed by atoms with Gasteiger partial charge in [0.2, 0.25) is 11.9 Å². The standard InChI is InChI=1S/C14H27N7O3/c1-21(11(22)7-9(16)5-3-2-4-6-15)10-8-18-14(19-12(10)23)20-13(17)24/h9-10H,2-8,15-16H2,1H3,(H4,17,18,19,20,23,24). The minimum absolute atomic E-state index is 0.0128. The van der Waals surface area contributed by atoms with Crippen LogP contribution in [0.2, 0.25) is 0 Å². The number of nitrogens with two attached hydrogens (primary N) is 3. The summed E-state index contributed by atoms with van der Waals surface area (Å²) in [4.78, 5) is 40.4. The van der Waals surface area contributed by atoms with Gasteiger partial charge >= 0.3 is 6.03 Å². The number of rotatable bonds is 8. The number of aliphatic imine (C=N–C) groups is 1. The summed E-state index contributed by atoms with van der Waals surface area (Å²) in [6.07, 6.45) is 3.76. The van der Waals surface area contributed by atoms with Crippen LogP contribution in [0.15, 0.2) is 4.99 Å². The van der Waals surface area contributed by atoms with Crippen LogP contribution >= 0.6 is 0 Å². The quantitative estimate of drug-likeness (QED) is 0.328. The molecule has 0 aromatic heterocycles. The minimum atomic E-state index is -0.822. The second kappa shape index (κ2) is 9.83. The van der Waals surface area contributed by atoms with E-state index in [4.69, 9.17) is 17.2 Å². The second-order valence-electron chi connectivity index (χ2n) is 5.79. The molecule has 8 N–H and O–H groups in total. The van der Waals surface area contributed by atoms with Crippen LogP contribution in [0, 0.1) is 0 Å². The number of hydrogen-bond donors (Lipinski definition) is 5. The lowest BCUT2D eigenvalue weighted by atomic mass is 10.0. The van der Waals surface area contributed by atoms with Crippen molar-refractivity contribution in [2.75, 3.05) is 20.1 Å². The van der Waals surface area contributed by atoms with Crippen LogP contribution in [0.1, 0.15) is 32.1 Å². The zero-order chi connectivity index (χ0) is 18.1. The summed E-state index contributed by atoms with van der Waals surface area (Å²) < 4.78 is 0. The van der Waals surface area contributed by atoms with Crippen molar-refractivity contribution in [2.24, 2.45) is 22.2 Å². The average molecular weight is 341 g/mol. The van der Waals surface area contributed by atoms with E-state index in [1.54, 1.807) is 0 Å². The Kier molecular flexibility index (Phi) is 8.13. The maximum atomic E-state index is 12.3. The first-order valence-electron chi connectivity index (χ1n) is 7.98. The molecule has 10 heteroatoms. The molecule has 0 aromatic carbocycles. The van der Waals surface area contributed by atoms with Crippen LogP contribution in [0.3, 0.4) is 0 Å². The molecule has 10 nitrogen and oxygen atoms in total. The smallest absolute Gasteiger partial charge is 0.318 e. The van der Waals surface area contributed by atoms with E-state index in [2.05, 4.69) is 15.6 Å². The van der Waals surface area contributed by atoms with E-state index in [9.17, 15) is 14.4 Å². The van der Waals surface area contributed by atoms with E-state index in [0.717, 1.165) is 25.7 Å². The lowest BCUT2D eigenvalue weighted by Gasteiger charge is -2.30. The minimum Gasteiger partial charge on any atom is -0.351 e. The molecular weight excluding hydrogens is 314 g/mol. The van der Waals surface area contributed by atoms with Crippen LogP contribution < -0.4 is 27.8 Å². The van der Waals surface area contributed by atoms with Gasteiger partial charge in [-0.05, 0) is 19.4 Å². The Balaban J connectivity index is 2.46. The lowest BCUT2D eigenvalue weighted by molar-refractivity contribution is -0.138. The summed E-state index contributed by atoms with van der Waals surface area (Å²) in [7, 11) is 1.54. The molecule has 2 unspecified atom stereocenters. The lowest BCUT2D eigenvalue weighted by Crippen LogP contribution is -2.58. The third-order valence-corrected chi connectivity index (χ3v) is 3.78. The first-order chi connectivity index (χ1) is 11.3. The Hall–Kier alpha value is -2.20. The molecular formula is C14H27N7O3. The Morgan fingerprint density at radius 1 is 1.42 bits per heavy atom. The number of urea groups is 1. The second-order valence-corrected chi connectivity index (χ2v) is 5.79. The van der Waals surface area contributed by atoms with Crippen LogP contribution in [0.4, 0.5) is 4.79 Å². The Morgan fingerprint density at radius 3 is 2.71 bits per heavy atom. The highest BCUT2D eigenvalue weighted by Crippen LogP contribution is 2.09. The van der Waals surface area contributed by atoms with Gasteiger partial charge in [-0.3, -0.25) is 20.2 Å². The fraction of sp³-hybridized carbons (Fsp3) is 0.714. The first kappa shape index (κ1) is 19.8. The number of nitrogens with zero attached hydrogens (tertiary/aromatic N) is 2. The van der Waals surface area contributed by atoms with E-state index in [0.29, 0.717) is 6.54 Å². The molecule has 4 amide bonds. The Labute approximate surface area is 141 Å². The van der Waals surface area contributed by atoms with Gasteiger partial charge in [0.1, 0.15) is 6.04 Å². The summed E-state index contributed by atoms with van der Waals surface area (Å²) >= 11 is 0. The number of guanidine groups is 1. The van der Waals surface area contributed by atoms with Gasteiger partial charge in [-0.25, -0.2) is 9.79 Å². The van der Waals surface area contributed by atoms with E-state index in [1.165, 1.54) is 11.9 Å². The van der Waals surface area contributed by atoms with Crippen molar-refractivity contribution in [2.45, 2.75) is 44.2 Å². The third-order valence-electron chi connectivity index (χ3n) is 3.78. The highest BCUT2D eigenvalue weighted by molar-refractivity contribution is 6.07. The number of carbonyl (C=O) groups excluding carboxylic acids is 3. The fourth-order valence-electron chi connectivity index (χ4n) is 2.36. The summed E-state index contributed by atoms with van der Waals surface area (Å²) in [5.74, 6) is -0.662. The summed E-state index contributed by atoms with van der Waals surface area (Å²) in [5, 5.41) is 4.59. The van der Waals surface area contributed by atoms with Gasteiger partial charge in [0.05, 0.1) is 6.54 Å². The SMILES string of the molecule is CN(C(=O)CC(N)CCCCCN)C1CN=C(NC(N)=O)NC1=O. The maximum Gasteiger partial charge on any atom is 0.318 e. The molecule has 1 aliphatic rings. The molecule has 0 aromatic rings. The summed E-state index contributed by atoms with van der Waals surface area (Å²) in [6, 6.07) is -1.81. The molecule has 1 heterocycles. The van der Waals surface area contributed by atoms with Gasteiger partial charge in [0, 0.05) is 19.5 Å². The normalized spacial score (nSPS) is 18.4. The molecule has 24 heavy (non-hydrogen) atoms. The number of hydrogen-bond acceptors (Lipinski definition) is 6. The maximum absolute atomic E-state index is 12.3. The van der Waals surface area contributed by atoms with Crippen molar-refractivity contribution in [3.8, 4) is 0 Å². The Bertz CT molecular complexity index is 495. The van der Waals surface area contributed by atoms with Gasteiger partial charge < -0.3 is 22.1 Å². The number of primary amides is 1. The summed E-state index contributed by atoms with van der Waals surface area (Å²) in [5.41, 5.74) is 16.4. The number of nitrogens with one attached hydrogen (secondary N) is 2. The third kappa shape index (κ3) is 6.50. The van der Waals surface area contributed by atoms with Crippen LogP contribution in [0.5, 0.6) is 0 Å². The highest BCUT2D eigenvalue weighted by Gasteiger charge is 2.31. The number of unbranched alkanes of at least 4 members (excludes halogenated alkanes) is 2. The van der Waals surface area contributed by atoms with Crippen LogP contribution in [-0.4, -0.2) is 60.9 Å². The molecule has 0 saturated carbocycles. The Morgan fingerprint density at radius 2 is 2.12 bits per heavy atom. The number of likely N-dealkylation sites (N-methyl/N-ethyl adjacent to an activating group) is 1. The van der Waals surface area contributed by atoms with Crippen molar-refractivity contribution < 1.29 is 14.4 Å². The molecule has 0 fully saturated rings. The molecule has 0 aliphatic carbocycles. The van der Waals surface area contributed by atoms with E-state index >= 15 is 0 Å². The van der Waals surface area contributed by atoms with Crippen LogP contribution in [0.25, 0.3) is 0 Å². The zero-order valence-corrected chi connectivity index (χ0v) is 14.0. The van der Waals surface area contributed by atoms with Crippen molar-refractivity contribution in [3.63, 3.8) is 0 Å². The van der Waals surface area contributed by atoms with Gasteiger partial charge in [-0.1, -0.05) is 12.8 Å². The number of amides is 4. The zero-order valence-electron chi connectivity index (χ0n) is 14.0. The molecule has 1 aliphatic heterocycles. The van der Waals surface area contributed by atoms with E-state index in [1.807, 2.05) is 0 Å². The molecule has 0 bridgehead atoms. The molecule has 0 radical (unpaired) electrons. The van der Waals surface area contributed by atoms with Crippen LogP contribution in [-0.2, 0) is 9.59 Å². The van der Waals surface area contributed by atoms with E-state index in [-0.39, 0.29) is 30.9 Å². The highest BCUT2D eigenvalue weighted by atomic mass is 16.2.